The molecule has 8 nitrogen and oxygen atoms in total. The van der Waals surface area contributed by atoms with Crippen molar-refractivity contribution in [3.05, 3.63) is 35.9 Å². The fraction of sp³-hybridized carbons (Fsp3) is 0.308. The van der Waals surface area contributed by atoms with Crippen molar-refractivity contribution in [2.75, 3.05) is 12.3 Å². The van der Waals surface area contributed by atoms with Gasteiger partial charge in [-0.25, -0.2) is 5.01 Å². The topological polar surface area (TPSA) is 116 Å². The number of amides is 2. The summed E-state index contributed by atoms with van der Waals surface area (Å²) in [5, 5.41) is 7.58. The van der Waals surface area contributed by atoms with Crippen LogP contribution in [0.25, 0.3) is 0 Å². The van der Waals surface area contributed by atoms with Crippen LogP contribution in [0.15, 0.2) is 35.4 Å². The number of carbonyl (C=O) groups is 2. The molecule has 2 N–H and O–H groups in total. The largest absolute Gasteiger partial charge is 0.308 e. The number of benzene rings is 1. The van der Waals surface area contributed by atoms with E-state index in [1.165, 1.54) is 0 Å². The van der Waals surface area contributed by atoms with E-state index < -0.39 is 15.9 Å². The van der Waals surface area contributed by atoms with Crippen LogP contribution in [0, 0.1) is 0 Å². The highest BCUT2D eigenvalue weighted by Crippen LogP contribution is 2.09. The third kappa shape index (κ3) is 4.64. The van der Waals surface area contributed by atoms with Crippen molar-refractivity contribution in [2.45, 2.75) is 12.8 Å². The molecule has 0 saturated carbocycles. The first-order valence-corrected chi connectivity index (χ1v) is 8.15. The molecule has 0 unspecified atom stereocenters. The van der Waals surface area contributed by atoms with Crippen LogP contribution in [-0.4, -0.2) is 47.9 Å². The molecule has 118 valence electrons. The maximum atomic E-state index is 11.9. The highest BCUT2D eigenvalue weighted by molar-refractivity contribution is 7.85. The Labute approximate surface area is 127 Å². The van der Waals surface area contributed by atoms with Gasteiger partial charge in [0.25, 0.3) is 16.0 Å². The number of rotatable bonds is 5. The Morgan fingerprint density at radius 3 is 2.64 bits per heavy atom. The maximum absolute atomic E-state index is 11.9. The molecule has 0 bridgehead atoms. The summed E-state index contributed by atoms with van der Waals surface area (Å²) in [6.07, 6.45) is 0.0123. The Bertz CT molecular complexity index is 700. The van der Waals surface area contributed by atoms with E-state index in [0.717, 1.165) is 5.01 Å². The Kier molecular flexibility index (Phi) is 4.88. The second kappa shape index (κ2) is 6.67. The number of nitrogens with one attached hydrogen (secondary N) is 1. The molecule has 22 heavy (non-hydrogen) atoms. The highest BCUT2D eigenvalue weighted by atomic mass is 32.2. The van der Waals surface area contributed by atoms with E-state index in [2.05, 4.69) is 10.4 Å². The van der Waals surface area contributed by atoms with E-state index >= 15 is 0 Å². The van der Waals surface area contributed by atoms with E-state index in [-0.39, 0.29) is 37.0 Å². The van der Waals surface area contributed by atoms with Crippen LogP contribution in [0.1, 0.15) is 23.2 Å². The molecule has 0 saturated heterocycles. The van der Waals surface area contributed by atoms with Crippen molar-refractivity contribution in [2.24, 2.45) is 5.10 Å². The second-order valence-corrected chi connectivity index (χ2v) is 6.27. The van der Waals surface area contributed by atoms with Crippen molar-refractivity contribution >= 4 is 27.8 Å². The van der Waals surface area contributed by atoms with Gasteiger partial charge in [-0.3, -0.25) is 14.1 Å². The van der Waals surface area contributed by atoms with Crippen LogP contribution < -0.4 is 5.32 Å². The van der Waals surface area contributed by atoms with Crippen LogP contribution >= 0.6 is 0 Å². The summed E-state index contributed by atoms with van der Waals surface area (Å²) < 4.78 is 29.9. The van der Waals surface area contributed by atoms with Crippen LogP contribution in [0.2, 0.25) is 0 Å². The lowest BCUT2D eigenvalue weighted by Crippen LogP contribution is -2.29. The first-order chi connectivity index (χ1) is 10.3. The molecule has 2 amide bonds. The number of hydrazone groups is 1. The van der Waals surface area contributed by atoms with E-state index in [1.54, 1.807) is 30.3 Å². The molecule has 0 aliphatic carbocycles. The highest BCUT2D eigenvalue weighted by Gasteiger charge is 2.25. The van der Waals surface area contributed by atoms with Crippen molar-refractivity contribution in [3.63, 3.8) is 0 Å². The monoisotopic (exact) mass is 325 g/mol. The smallest absolute Gasteiger partial charge is 0.264 e. The minimum Gasteiger partial charge on any atom is -0.308 e. The first-order valence-electron chi connectivity index (χ1n) is 6.54. The molecule has 2 rings (SSSR count). The summed E-state index contributed by atoms with van der Waals surface area (Å²) in [6, 6.07) is 8.49. The van der Waals surface area contributed by atoms with Gasteiger partial charge in [0.2, 0.25) is 5.91 Å². The van der Waals surface area contributed by atoms with Gasteiger partial charge in [0.15, 0.2) is 0 Å². The predicted octanol–water partition coefficient (Wildman–Crippen LogP) is 0.240. The summed E-state index contributed by atoms with van der Waals surface area (Å²) in [5.41, 5.74) is 0.447. The van der Waals surface area contributed by atoms with E-state index in [4.69, 9.17) is 4.55 Å². The number of hydrogen-bond donors (Lipinski definition) is 2. The molecule has 1 aromatic rings. The molecule has 1 heterocycles. The summed E-state index contributed by atoms with van der Waals surface area (Å²) >= 11 is 0. The zero-order valence-electron chi connectivity index (χ0n) is 11.6. The third-order valence-electron chi connectivity index (χ3n) is 2.91. The fourth-order valence-corrected chi connectivity index (χ4v) is 2.40. The summed E-state index contributed by atoms with van der Waals surface area (Å²) in [6.45, 7) is 0.0589. The molecule has 0 fully saturated rings. The van der Waals surface area contributed by atoms with Crippen LogP contribution in [-0.2, 0) is 14.9 Å². The molecule has 0 spiro atoms. The molecule has 1 aromatic carbocycles. The first kappa shape index (κ1) is 16.1. The van der Waals surface area contributed by atoms with Gasteiger partial charge in [-0.15, -0.1) is 0 Å². The van der Waals surface area contributed by atoms with Gasteiger partial charge in [0.05, 0.1) is 12.2 Å². The summed E-state index contributed by atoms with van der Waals surface area (Å²) in [5.74, 6) is -0.936. The van der Waals surface area contributed by atoms with Gasteiger partial charge < -0.3 is 5.32 Å². The molecule has 0 atom stereocenters. The maximum Gasteiger partial charge on any atom is 0.264 e. The zero-order valence-corrected chi connectivity index (χ0v) is 12.4. The van der Waals surface area contributed by atoms with Crippen molar-refractivity contribution in [1.82, 2.24) is 10.3 Å². The Balaban J connectivity index is 1.91. The number of carbonyl (C=O) groups excluding carboxylic acids is 2. The minimum absolute atomic E-state index is 0.0511. The predicted molar refractivity (Wildman–Crippen MR) is 78.7 cm³/mol. The van der Waals surface area contributed by atoms with Crippen LogP contribution in [0.5, 0.6) is 0 Å². The quantitative estimate of drug-likeness (QED) is 0.752. The van der Waals surface area contributed by atoms with Crippen molar-refractivity contribution in [1.29, 1.82) is 0 Å². The van der Waals surface area contributed by atoms with Gasteiger partial charge in [0.1, 0.15) is 5.84 Å². The number of amidine groups is 1. The van der Waals surface area contributed by atoms with Gasteiger partial charge >= 0.3 is 0 Å². The molecular formula is C13H15N3O5S. The average molecular weight is 325 g/mol. The van der Waals surface area contributed by atoms with Crippen LogP contribution in [0.4, 0.5) is 0 Å². The lowest BCUT2D eigenvalue weighted by atomic mass is 10.2. The van der Waals surface area contributed by atoms with Crippen molar-refractivity contribution < 1.29 is 22.6 Å². The van der Waals surface area contributed by atoms with Crippen LogP contribution in [0.3, 0.4) is 0 Å². The summed E-state index contributed by atoms with van der Waals surface area (Å²) in [7, 11) is -4.06. The lowest BCUT2D eigenvalue weighted by Gasteiger charge is -2.09. The van der Waals surface area contributed by atoms with Gasteiger partial charge in [0, 0.05) is 12.1 Å². The van der Waals surface area contributed by atoms with E-state index in [0.29, 0.717) is 5.56 Å². The Morgan fingerprint density at radius 1 is 1.32 bits per heavy atom. The van der Waals surface area contributed by atoms with Gasteiger partial charge in [-0.1, -0.05) is 18.2 Å². The lowest BCUT2D eigenvalue weighted by molar-refractivity contribution is -0.128. The molecule has 0 radical (unpaired) electrons. The number of nitrogens with zero attached hydrogens (tertiary/aromatic N) is 2. The average Bonchev–Trinajstić information content (AvgIpc) is 2.78. The van der Waals surface area contributed by atoms with Gasteiger partial charge in [-0.2, -0.15) is 13.5 Å². The van der Waals surface area contributed by atoms with Gasteiger partial charge in [-0.05, 0) is 18.6 Å². The Morgan fingerprint density at radius 2 is 2.00 bits per heavy atom. The molecule has 1 aliphatic rings. The van der Waals surface area contributed by atoms with Crippen molar-refractivity contribution in [3.8, 4) is 0 Å². The van der Waals surface area contributed by atoms with E-state index in [1.807, 2.05) is 0 Å². The second-order valence-electron chi connectivity index (χ2n) is 4.70. The SMILES string of the molecule is O=C(NC1=NN(CCCS(=O)(=O)O)C(=O)C1)c1ccccc1. The molecular weight excluding hydrogens is 310 g/mol. The molecule has 1 aliphatic heterocycles. The summed E-state index contributed by atoms with van der Waals surface area (Å²) in [4.78, 5) is 23.6. The fourth-order valence-electron chi connectivity index (χ4n) is 1.90. The molecule has 0 aromatic heterocycles. The standard InChI is InChI=1S/C13H15N3O5S/c17-12-9-11(14-13(18)10-5-2-1-3-6-10)15-16(12)7-4-8-22(19,20)21/h1-3,5-6H,4,7-9H2,(H,14,15,18)(H,19,20,21). The minimum atomic E-state index is -4.06. The van der Waals surface area contributed by atoms with E-state index in [9.17, 15) is 18.0 Å². The zero-order chi connectivity index (χ0) is 16.2. The third-order valence-corrected chi connectivity index (χ3v) is 3.72. The molecule has 9 heteroatoms. The Hall–Kier alpha value is -2.26. The number of hydrogen-bond acceptors (Lipinski definition) is 5. The normalized spacial score (nSPS) is 14.9.